The van der Waals surface area contributed by atoms with Gasteiger partial charge in [-0.2, -0.15) is 0 Å². The van der Waals surface area contributed by atoms with Crippen LogP contribution in [0.1, 0.15) is 12.5 Å². The van der Waals surface area contributed by atoms with Gasteiger partial charge in [-0.25, -0.2) is 0 Å². The first-order chi connectivity index (χ1) is 10.3. The summed E-state index contributed by atoms with van der Waals surface area (Å²) >= 11 is 0. The molecule has 0 radical (unpaired) electrons. The summed E-state index contributed by atoms with van der Waals surface area (Å²) in [5, 5.41) is 9.00. The van der Waals surface area contributed by atoms with Crippen LogP contribution in [0.15, 0.2) is 60.1 Å². The van der Waals surface area contributed by atoms with Gasteiger partial charge in [0.1, 0.15) is 0 Å². The van der Waals surface area contributed by atoms with E-state index in [9.17, 15) is 0 Å². The molecule has 0 amide bonds. The number of aliphatic imine (C=N–C) groups is 1. The Labute approximate surface area is 149 Å². The smallest absolute Gasteiger partial charge is 0.191 e. The highest BCUT2D eigenvalue weighted by atomic mass is 127. The van der Waals surface area contributed by atoms with Gasteiger partial charge in [0.25, 0.3) is 0 Å². The molecule has 0 saturated heterocycles. The van der Waals surface area contributed by atoms with E-state index in [1.54, 1.807) is 0 Å². The zero-order valence-corrected chi connectivity index (χ0v) is 15.3. The van der Waals surface area contributed by atoms with Crippen LogP contribution in [0.25, 0.3) is 10.8 Å². The standard InChI is InChI=1S/C18H23N3.HI/c1-3-12-20-18(19-4-2)21-13-11-15-9-10-16-7-5-6-8-17(16)14-15;/h3,5-10,14H,1,4,11-13H2,2H3,(H2,19,20,21);1H. The Morgan fingerprint density at radius 1 is 1.14 bits per heavy atom. The first-order valence-corrected chi connectivity index (χ1v) is 7.44. The quantitative estimate of drug-likeness (QED) is 0.330. The Morgan fingerprint density at radius 2 is 1.91 bits per heavy atom. The molecule has 0 aliphatic carbocycles. The molecule has 2 aromatic rings. The number of halogens is 1. The highest BCUT2D eigenvalue weighted by molar-refractivity contribution is 14.0. The van der Waals surface area contributed by atoms with Gasteiger partial charge in [0.2, 0.25) is 0 Å². The Morgan fingerprint density at radius 3 is 2.64 bits per heavy atom. The van der Waals surface area contributed by atoms with Gasteiger partial charge in [0.05, 0.1) is 0 Å². The molecule has 0 spiro atoms. The van der Waals surface area contributed by atoms with Crippen molar-refractivity contribution in [1.82, 2.24) is 10.6 Å². The van der Waals surface area contributed by atoms with Crippen molar-refractivity contribution in [3.8, 4) is 0 Å². The minimum atomic E-state index is 0. The second-order valence-corrected chi connectivity index (χ2v) is 4.86. The van der Waals surface area contributed by atoms with Crippen LogP contribution >= 0.6 is 24.0 Å². The topological polar surface area (TPSA) is 36.4 Å². The molecule has 0 aromatic heterocycles. The second kappa shape index (κ2) is 10.2. The van der Waals surface area contributed by atoms with Gasteiger partial charge in [-0.1, -0.05) is 48.5 Å². The number of guanidine groups is 1. The Hall–Kier alpha value is -1.56. The molecule has 0 aliphatic heterocycles. The maximum absolute atomic E-state index is 4.57. The van der Waals surface area contributed by atoms with Crippen LogP contribution < -0.4 is 10.6 Å². The molecule has 0 aliphatic rings. The molecule has 2 rings (SSSR count). The van der Waals surface area contributed by atoms with Crippen LogP contribution in [-0.2, 0) is 6.42 Å². The van der Waals surface area contributed by atoms with Crippen molar-refractivity contribution >= 4 is 40.7 Å². The van der Waals surface area contributed by atoms with Crippen molar-refractivity contribution < 1.29 is 0 Å². The maximum Gasteiger partial charge on any atom is 0.191 e. The van der Waals surface area contributed by atoms with E-state index < -0.39 is 0 Å². The van der Waals surface area contributed by atoms with E-state index in [0.29, 0.717) is 0 Å². The molecular formula is C18H24IN3. The zero-order chi connectivity index (χ0) is 14.9. The minimum Gasteiger partial charge on any atom is -0.357 e. The molecule has 3 nitrogen and oxygen atoms in total. The number of benzene rings is 2. The molecule has 0 heterocycles. The van der Waals surface area contributed by atoms with Crippen LogP contribution in [0, 0.1) is 0 Å². The number of hydrogen-bond acceptors (Lipinski definition) is 1. The van der Waals surface area contributed by atoms with Crippen molar-refractivity contribution in [2.24, 2.45) is 4.99 Å². The van der Waals surface area contributed by atoms with Crippen LogP contribution in [0.3, 0.4) is 0 Å². The van der Waals surface area contributed by atoms with E-state index in [2.05, 4.69) is 71.6 Å². The van der Waals surface area contributed by atoms with Crippen molar-refractivity contribution in [1.29, 1.82) is 0 Å². The van der Waals surface area contributed by atoms with Gasteiger partial charge in [-0.05, 0) is 29.7 Å². The fourth-order valence-corrected chi connectivity index (χ4v) is 2.20. The summed E-state index contributed by atoms with van der Waals surface area (Å²) in [6, 6.07) is 15.0. The van der Waals surface area contributed by atoms with Crippen LogP contribution in [0.5, 0.6) is 0 Å². The van der Waals surface area contributed by atoms with Crippen molar-refractivity contribution in [3.05, 3.63) is 60.7 Å². The lowest BCUT2D eigenvalue weighted by Crippen LogP contribution is -2.37. The van der Waals surface area contributed by atoms with E-state index >= 15 is 0 Å². The molecule has 2 aromatic carbocycles. The third-order valence-corrected chi connectivity index (χ3v) is 3.24. The summed E-state index contributed by atoms with van der Waals surface area (Å²) in [5.41, 5.74) is 1.32. The Balaban J connectivity index is 0.00000242. The average Bonchev–Trinajstić information content (AvgIpc) is 2.52. The molecular weight excluding hydrogens is 385 g/mol. The largest absolute Gasteiger partial charge is 0.357 e. The summed E-state index contributed by atoms with van der Waals surface area (Å²) in [6.45, 7) is 8.12. The van der Waals surface area contributed by atoms with Crippen LogP contribution in [0.4, 0.5) is 0 Å². The molecule has 0 bridgehead atoms. The summed E-state index contributed by atoms with van der Waals surface area (Å²) in [7, 11) is 0. The van der Waals surface area contributed by atoms with Gasteiger partial charge in [-0.15, -0.1) is 30.6 Å². The lowest BCUT2D eigenvalue weighted by molar-refractivity contribution is 0.851. The van der Waals surface area contributed by atoms with Crippen molar-refractivity contribution in [2.75, 3.05) is 19.6 Å². The molecule has 118 valence electrons. The Kier molecular flexibility index (Phi) is 8.58. The van der Waals surface area contributed by atoms with Crippen LogP contribution in [0.2, 0.25) is 0 Å². The number of fused-ring (bicyclic) bond motifs is 1. The first kappa shape index (κ1) is 18.5. The maximum atomic E-state index is 4.57. The predicted octanol–water partition coefficient (Wildman–Crippen LogP) is 3.74. The summed E-state index contributed by atoms with van der Waals surface area (Å²) in [4.78, 5) is 4.57. The monoisotopic (exact) mass is 409 g/mol. The Bertz CT molecular complexity index is 623. The van der Waals surface area contributed by atoms with Gasteiger partial charge in [-0.3, -0.25) is 4.99 Å². The highest BCUT2D eigenvalue weighted by Crippen LogP contribution is 2.15. The molecule has 0 atom stereocenters. The molecule has 22 heavy (non-hydrogen) atoms. The van der Waals surface area contributed by atoms with E-state index in [4.69, 9.17) is 0 Å². The number of nitrogens with zero attached hydrogens (tertiary/aromatic N) is 1. The van der Waals surface area contributed by atoms with Crippen molar-refractivity contribution in [3.63, 3.8) is 0 Å². The third-order valence-electron chi connectivity index (χ3n) is 3.24. The normalized spacial score (nSPS) is 10.9. The SMILES string of the molecule is C=CCNC(=NCCc1ccc2ccccc2c1)NCC.I. The fraction of sp³-hybridized carbons (Fsp3) is 0.278. The summed E-state index contributed by atoms with van der Waals surface area (Å²) in [5.74, 6) is 0.846. The van der Waals surface area contributed by atoms with Gasteiger partial charge < -0.3 is 10.6 Å². The summed E-state index contributed by atoms with van der Waals surface area (Å²) in [6.07, 6.45) is 2.77. The molecule has 0 unspecified atom stereocenters. The first-order valence-electron chi connectivity index (χ1n) is 7.44. The van der Waals surface area contributed by atoms with Crippen molar-refractivity contribution in [2.45, 2.75) is 13.3 Å². The number of nitrogens with one attached hydrogen (secondary N) is 2. The third kappa shape index (κ3) is 5.67. The van der Waals surface area contributed by atoms with Crippen LogP contribution in [-0.4, -0.2) is 25.6 Å². The van der Waals surface area contributed by atoms with Gasteiger partial charge in [0, 0.05) is 19.6 Å². The van der Waals surface area contributed by atoms with E-state index in [1.807, 2.05) is 6.08 Å². The van der Waals surface area contributed by atoms with E-state index in [0.717, 1.165) is 32.0 Å². The second-order valence-electron chi connectivity index (χ2n) is 4.86. The van der Waals surface area contributed by atoms with Gasteiger partial charge >= 0.3 is 0 Å². The summed E-state index contributed by atoms with van der Waals surface area (Å²) < 4.78 is 0. The average molecular weight is 409 g/mol. The molecule has 2 N–H and O–H groups in total. The highest BCUT2D eigenvalue weighted by Gasteiger charge is 1.98. The lowest BCUT2D eigenvalue weighted by atomic mass is 10.1. The van der Waals surface area contributed by atoms with E-state index in [1.165, 1.54) is 16.3 Å². The van der Waals surface area contributed by atoms with E-state index in [-0.39, 0.29) is 24.0 Å². The molecule has 0 fully saturated rings. The lowest BCUT2D eigenvalue weighted by Gasteiger charge is -2.09. The van der Waals surface area contributed by atoms with Gasteiger partial charge in [0.15, 0.2) is 5.96 Å². The zero-order valence-electron chi connectivity index (χ0n) is 13.0. The minimum absolute atomic E-state index is 0. The fourth-order valence-electron chi connectivity index (χ4n) is 2.20. The number of rotatable bonds is 6. The number of hydrogen-bond donors (Lipinski definition) is 2. The molecule has 0 saturated carbocycles. The molecule has 4 heteroatoms. The predicted molar refractivity (Wildman–Crippen MR) is 107 cm³/mol.